The standard InChI is InChI=1S/C19H16BrFN4O2/c20-14-5-6-17(15(21)11-14)23-18(26)4-2-10-25-19(27)8-7-16(24-25)13-3-1-9-22-12-13/h1,3,5-9,11-12H,2,4,10H2,(H,23,26). The zero-order valence-corrected chi connectivity index (χ0v) is 15.8. The lowest BCUT2D eigenvalue weighted by Crippen LogP contribution is -2.23. The van der Waals surface area contributed by atoms with Crippen molar-refractivity contribution >= 4 is 27.5 Å². The van der Waals surface area contributed by atoms with Gasteiger partial charge in [-0.25, -0.2) is 9.07 Å². The number of carbonyl (C=O) groups is 1. The highest BCUT2D eigenvalue weighted by Crippen LogP contribution is 2.19. The van der Waals surface area contributed by atoms with E-state index in [0.29, 0.717) is 16.6 Å². The molecular weight excluding hydrogens is 415 g/mol. The number of hydrogen-bond acceptors (Lipinski definition) is 4. The molecule has 0 aliphatic carbocycles. The number of hydrogen-bond donors (Lipinski definition) is 1. The van der Waals surface area contributed by atoms with Crippen LogP contribution in [-0.4, -0.2) is 20.7 Å². The Bertz CT molecular complexity index is 1010. The van der Waals surface area contributed by atoms with Crippen molar-refractivity contribution in [2.75, 3.05) is 5.32 Å². The molecule has 8 heteroatoms. The highest BCUT2D eigenvalue weighted by Gasteiger charge is 2.09. The van der Waals surface area contributed by atoms with E-state index >= 15 is 0 Å². The summed E-state index contributed by atoms with van der Waals surface area (Å²) in [6.45, 7) is 0.281. The van der Waals surface area contributed by atoms with E-state index in [4.69, 9.17) is 0 Å². The normalized spacial score (nSPS) is 10.6. The van der Waals surface area contributed by atoms with Crippen LogP contribution in [0.1, 0.15) is 12.8 Å². The molecule has 0 saturated heterocycles. The second kappa shape index (κ2) is 8.68. The van der Waals surface area contributed by atoms with Crippen molar-refractivity contribution in [2.45, 2.75) is 19.4 Å². The molecule has 0 aliphatic heterocycles. The van der Waals surface area contributed by atoms with E-state index < -0.39 is 5.82 Å². The number of amides is 1. The van der Waals surface area contributed by atoms with Crippen LogP contribution in [0.15, 0.2) is 64.1 Å². The van der Waals surface area contributed by atoms with Crippen molar-refractivity contribution < 1.29 is 9.18 Å². The van der Waals surface area contributed by atoms with Crippen LogP contribution in [0.5, 0.6) is 0 Å². The minimum Gasteiger partial charge on any atom is -0.324 e. The summed E-state index contributed by atoms with van der Waals surface area (Å²) in [5, 5.41) is 6.84. The Morgan fingerprint density at radius 2 is 2.07 bits per heavy atom. The number of aromatic nitrogens is 3. The number of benzene rings is 1. The maximum Gasteiger partial charge on any atom is 0.266 e. The fourth-order valence-corrected chi connectivity index (χ4v) is 2.80. The van der Waals surface area contributed by atoms with E-state index in [2.05, 4.69) is 31.3 Å². The Labute approximate surface area is 163 Å². The van der Waals surface area contributed by atoms with Crippen molar-refractivity contribution in [2.24, 2.45) is 0 Å². The lowest BCUT2D eigenvalue weighted by atomic mass is 10.2. The number of pyridine rings is 1. The average Bonchev–Trinajstić information content (AvgIpc) is 2.66. The van der Waals surface area contributed by atoms with Crippen LogP contribution < -0.4 is 10.9 Å². The predicted octanol–water partition coefficient (Wildman–Crippen LogP) is 3.63. The maximum atomic E-state index is 13.8. The zero-order valence-electron chi connectivity index (χ0n) is 14.2. The topological polar surface area (TPSA) is 76.9 Å². The zero-order chi connectivity index (χ0) is 19.2. The molecule has 1 N–H and O–H groups in total. The monoisotopic (exact) mass is 430 g/mol. The van der Waals surface area contributed by atoms with E-state index in [9.17, 15) is 14.0 Å². The van der Waals surface area contributed by atoms with Gasteiger partial charge in [0.25, 0.3) is 5.56 Å². The van der Waals surface area contributed by atoms with Gasteiger partial charge in [0.05, 0.1) is 11.4 Å². The van der Waals surface area contributed by atoms with Gasteiger partial charge >= 0.3 is 0 Å². The molecule has 0 spiro atoms. The quantitative estimate of drug-likeness (QED) is 0.647. The van der Waals surface area contributed by atoms with E-state index in [0.717, 1.165) is 5.56 Å². The van der Waals surface area contributed by atoms with Crippen LogP contribution in [-0.2, 0) is 11.3 Å². The molecule has 138 valence electrons. The average molecular weight is 431 g/mol. The third-order valence-electron chi connectivity index (χ3n) is 3.80. The molecule has 1 aromatic carbocycles. The molecule has 0 radical (unpaired) electrons. The number of nitrogens with one attached hydrogen (secondary N) is 1. The Morgan fingerprint density at radius 1 is 1.22 bits per heavy atom. The van der Waals surface area contributed by atoms with Crippen LogP contribution in [0.2, 0.25) is 0 Å². The third-order valence-corrected chi connectivity index (χ3v) is 4.30. The summed E-state index contributed by atoms with van der Waals surface area (Å²) in [7, 11) is 0. The van der Waals surface area contributed by atoms with E-state index in [1.807, 2.05) is 6.07 Å². The van der Waals surface area contributed by atoms with Crippen molar-refractivity contribution in [1.29, 1.82) is 0 Å². The fourth-order valence-electron chi connectivity index (χ4n) is 2.47. The minimum atomic E-state index is -0.514. The number of halogens is 2. The molecule has 0 saturated carbocycles. The number of anilines is 1. The molecule has 6 nitrogen and oxygen atoms in total. The van der Waals surface area contributed by atoms with Gasteiger partial charge in [-0.3, -0.25) is 14.6 Å². The van der Waals surface area contributed by atoms with Gasteiger partial charge in [0.1, 0.15) is 5.82 Å². The van der Waals surface area contributed by atoms with Crippen LogP contribution in [0, 0.1) is 5.82 Å². The molecule has 27 heavy (non-hydrogen) atoms. The van der Waals surface area contributed by atoms with Crippen molar-refractivity contribution in [3.05, 3.63) is 75.5 Å². The van der Waals surface area contributed by atoms with Crippen LogP contribution >= 0.6 is 15.9 Å². The highest BCUT2D eigenvalue weighted by atomic mass is 79.9. The lowest BCUT2D eigenvalue weighted by Gasteiger charge is -2.08. The Kier molecular flexibility index (Phi) is 6.08. The second-order valence-corrected chi connectivity index (χ2v) is 6.71. The highest BCUT2D eigenvalue weighted by molar-refractivity contribution is 9.10. The van der Waals surface area contributed by atoms with Crippen molar-refractivity contribution in [1.82, 2.24) is 14.8 Å². The first-order valence-electron chi connectivity index (χ1n) is 8.26. The van der Waals surface area contributed by atoms with Gasteiger partial charge < -0.3 is 5.32 Å². The maximum absolute atomic E-state index is 13.8. The van der Waals surface area contributed by atoms with Gasteiger partial charge in [-0.05, 0) is 42.8 Å². The summed E-state index contributed by atoms with van der Waals surface area (Å²) < 4.78 is 15.7. The third kappa shape index (κ3) is 5.07. The summed E-state index contributed by atoms with van der Waals surface area (Å²) in [4.78, 5) is 28.0. The molecular formula is C19H16BrFN4O2. The summed E-state index contributed by atoms with van der Waals surface area (Å²) in [5.74, 6) is -0.840. The lowest BCUT2D eigenvalue weighted by molar-refractivity contribution is -0.116. The molecule has 0 fully saturated rings. The first kappa shape index (κ1) is 18.9. The van der Waals surface area contributed by atoms with Gasteiger partial charge in [0, 0.05) is 41.5 Å². The van der Waals surface area contributed by atoms with Gasteiger partial charge in [0.15, 0.2) is 0 Å². The summed E-state index contributed by atoms with van der Waals surface area (Å²) >= 11 is 3.16. The van der Waals surface area contributed by atoms with Gasteiger partial charge in [-0.1, -0.05) is 15.9 Å². The molecule has 0 bridgehead atoms. The first-order chi connectivity index (χ1) is 13.0. The molecule has 1 amide bonds. The van der Waals surface area contributed by atoms with E-state index in [-0.39, 0.29) is 30.1 Å². The smallest absolute Gasteiger partial charge is 0.266 e. The van der Waals surface area contributed by atoms with E-state index in [1.165, 1.54) is 22.9 Å². The van der Waals surface area contributed by atoms with Gasteiger partial charge in [-0.2, -0.15) is 5.10 Å². The van der Waals surface area contributed by atoms with Crippen LogP contribution in [0.4, 0.5) is 10.1 Å². The van der Waals surface area contributed by atoms with E-state index in [1.54, 1.807) is 30.6 Å². The summed E-state index contributed by atoms with van der Waals surface area (Å²) in [6.07, 6.45) is 3.86. The number of carbonyl (C=O) groups excluding carboxylic acids is 1. The SMILES string of the molecule is O=C(CCCn1nc(-c2cccnc2)ccc1=O)Nc1ccc(Br)cc1F. The van der Waals surface area contributed by atoms with Gasteiger partial charge in [0.2, 0.25) is 5.91 Å². The largest absolute Gasteiger partial charge is 0.324 e. The van der Waals surface area contributed by atoms with Gasteiger partial charge in [-0.15, -0.1) is 0 Å². The molecule has 2 aromatic heterocycles. The second-order valence-electron chi connectivity index (χ2n) is 5.80. The summed E-state index contributed by atoms with van der Waals surface area (Å²) in [5.41, 5.74) is 1.30. The first-order valence-corrected chi connectivity index (χ1v) is 9.06. The summed E-state index contributed by atoms with van der Waals surface area (Å²) in [6, 6.07) is 11.1. The molecule has 3 aromatic rings. The van der Waals surface area contributed by atoms with Crippen molar-refractivity contribution in [3.63, 3.8) is 0 Å². The van der Waals surface area contributed by atoms with Crippen molar-refractivity contribution in [3.8, 4) is 11.3 Å². The van der Waals surface area contributed by atoms with Crippen LogP contribution in [0.25, 0.3) is 11.3 Å². The molecule has 2 heterocycles. The van der Waals surface area contributed by atoms with Crippen LogP contribution in [0.3, 0.4) is 0 Å². The molecule has 3 rings (SSSR count). The molecule has 0 unspecified atom stereocenters. The Balaban J connectivity index is 1.60. The number of rotatable bonds is 6. The number of nitrogens with zero attached hydrogens (tertiary/aromatic N) is 3. The Hall–Kier alpha value is -2.87. The predicted molar refractivity (Wildman–Crippen MR) is 104 cm³/mol. The fraction of sp³-hybridized carbons (Fsp3) is 0.158. The number of aryl methyl sites for hydroxylation is 1. The molecule has 0 atom stereocenters. The minimum absolute atomic E-state index is 0.122. The Morgan fingerprint density at radius 3 is 2.81 bits per heavy atom. The molecule has 0 aliphatic rings.